The highest BCUT2D eigenvalue weighted by molar-refractivity contribution is 7.99. The third-order valence-corrected chi connectivity index (χ3v) is 4.39. The molecule has 0 aromatic carbocycles. The van der Waals surface area contributed by atoms with Gasteiger partial charge in [0.05, 0.1) is 12.0 Å². The highest BCUT2D eigenvalue weighted by atomic mass is 32.2. The largest absolute Gasteiger partial charge is 0.330 e. The molecular weight excluding hydrogens is 218 g/mol. The van der Waals surface area contributed by atoms with Gasteiger partial charge in [-0.25, -0.2) is 4.98 Å². The highest BCUT2D eigenvalue weighted by Crippen LogP contribution is 2.30. The second-order valence-corrected chi connectivity index (χ2v) is 6.06. The van der Waals surface area contributed by atoms with Crippen molar-refractivity contribution in [1.82, 2.24) is 9.55 Å². The van der Waals surface area contributed by atoms with Gasteiger partial charge in [-0.2, -0.15) is 11.8 Å². The fourth-order valence-corrected chi connectivity index (χ4v) is 3.26. The zero-order valence-corrected chi connectivity index (χ0v) is 10.9. The Hall–Kier alpha value is -0.480. The fraction of sp³-hybridized carbons (Fsp3) is 0.750. The molecule has 1 saturated heterocycles. The van der Waals surface area contributed by atoms with Gasteiger partial charge in [-0.1, -0.05) is 13.8 Å². The van der Waals surface area contributed by atoms with Crippen molar-refractivity contribution >= 4 is 11.8 Å². The van der Waals surface area contributed by atoms with Crippen molar-refractivity contribution in [3.63, 3.8) is 0 Å². The standard InChI is InChI=1S/C12H21N3S/c1-9(2)12(13)11-7-14-8-15(11)10-3-5-16-6-4-10/h7-10,12H,3-6,13H2,1-2H3. The Balaban J connectivity index is 2.17. The van der Waals surface area contributed by atoms with E-state index >= 15 is 0 Å². The predicted molar refractivity (Wildman–Crippen MR) is 69.6 cm³/mol. The number of nitrogens with zero attached hydrogens (tertiary/aromatic N) is 2. The van der Waals surface area contributed by atoms with Crippen molar-refractivity contribution in [2.75, 3.05) is 11.5 Å². The summed E-state index contributed by atoms with van der Waals surface area (Å²) >= 11 is 2.05. The Kier molecular flexibility index (Phi) is 3.92. The van der Waals surface area contributed by atoms with E-state index in [2.05, 4.69) is 35.2 Å². The summed E-state index contributed by atoms with van der Waals surface area (Å²) in [5, 5.41) is 0. The molecule has 16 heavy (non-hydrogen) atoms. The van der Waals surface area contributed by atoms with Gasteiger partial charge in [0.2, 0.25) is 0 Å². The summed E-state index contributed by atoms with van der Waals surface area (Å²) in [4.78, 5) is 4.28. The van der Waals surface area contributed by atoms with Gasteiger partial charge < -0.3 is 10.3 Å². The molecule has 0 spiro atoms. The van der Waals surface area contributed by atoms with Crippen molar-refractivity contribution in [1.29, 1.82) is 0 Å². The lowest BCUT2D eigenvalue weighted by Gasteiger charge is -2.27. The molecule has 0 radical (unpaired) electrons. The van der Waals surface area contributed by atoms with Gasteiger partial charge in [0.15, 0.2) is 0 Å². The van der Waals surface area contributed by atoms with Crippen LogP contribution in [-0.4, -0.2) is 21.1 Å². The number of nitrogens with two attached hydrogens (primary N) is 1. The van der Waals surface area contributed by atoms with Crippen LogP contribution in [0.4, 0.5) is 0 Å². The minimum atomic E-state index is 0.108. The molecule has 4 heteroatoms. The Morgan fingerprint density at radius 3 is 2.75 bits per heavy atom. The minimum absolute atomic E-state index is 0.108. The molecule has 0 saturated carbocycles. The molecule has 0 aliphatic carbocycles. The van der Waals surface area contributed by atoms with Crippen molar-refractivity contribution in [3.05, 3.63) is 18.2 Å². The van der Waals surface area contributed by atoms with Gasteiger partial charge in [0.25, 0.3) is 0 Å². The Bertz CT molecular complexity index is 329. The van der Waals surface area contributed by atoms with Gasteiger partial charge in [0.1, 0.15) is 0 Å². The van der Waals surface area contributed by atoms with Gasteiger partial charge in [-0.05, 0) is 30.3 Å². The number of aromatic nitrogens is 2. The summed E-state index contributed by atoms with van der Waals surface area (Å²) in [5.41, 5.74) is 7.42. The molecular formula is C12H21N3S. The van der Waals surface area contributed by atoms with E-state index in [9.17, 15) is 0 Å². The zero-order valence-electron chi connectivity index (χ0n) is 10.1. The van der Waals surface area contributed by atoms with E-state index in [1.54, 1.807) is 0 Å². The van der Waals surface area contributed by atoms with Gasteiger partial charge >= 0.3 is 0 Å². The van der Waals surface area contributed by atoms with E-state index in [-0.39, 0.29) is 6.04 Å². The molecule has 2 N–H and O–H groups in total. The first-order valence-corrected chi connectivity index (χ1v) is 7.20. The SMILES string of the molecule is CC(C)C(N)c1cncn1C1CCSCC1. The number of hydrogen-bond acceptors (Lipinski definition) is 3. The first-order chi connectivity index (χ1) is 7.70. The quantitative estimate of drug-likeness (QED) is 0.881. The molecule has 2 rings (SSSR count). The third kappa shape index (κ3) is 2.43. The molecule has 0 bridgehead atoms. The van der Waals surface area contributed by atoms with E-state index in [0.717, 1.165) is 0 Å². The first-order valence-electron chi connectivity index (χ1n) is 6.05. The molecule has 1 aliphatic heterocycles. The van der Waals surface area contributed by atoms with Crippen LogP contribution in [0.2, 0.25) is 0 Å². The molecule has 2 heterocycles. The van der Waals surface area contributed by atoms with E-state index < -0.39 is 0 Å². The Morgan fingerprint density at radius 1 is 1.44 bits per heavy atom. The maximum atomic E-state index is 6.22. The van der Waals surface area contributed by atoms with Gasteiger partial charge in [-0.15, -0.1) is 0 Å². The molecule has 90 valence electrons. The summed E-state index contributed by atoms with van der Waals surface area (Å²) in [7, 11) is 0. The lowest BCUT2D eigenvalue weighted by atomic mass is 10.0. The molecule has 1 aromatic heterocycles. The van der Waals surface area contributed by atoms with Crippen molar-refractivity contribution in [2.45, 2.75) is 38.8 Å². The van der Waals surface area contributed by atoms with Gasteiger partial charge in [0, 0.05) is 18.3 Å². The number of hydrogen-bond donors (Lipinski definition) is 1. The summed E-state index contributed by atoms with van der Waals surface area (Å²) in [5.74, 6) is 2.99. The lowest BCUT2D eigenvalue weighted by Crippen LogP contribution is -2.24. The summed E-state index contributed by atoms with van der Waals surface area (Å²) in [6, 6.07) is 0.723. The average Bonchev–Trinajstić information content (AvgIpc) is 2.77. The Labute approximate surface area is 102 Å². The highest BCUT2D eigenvalue weighted by Gasteiger charge is 2.21. The maximum absolute atomic E-state index is 6.22. The van der Waals surface area contributed by atoms with E-state index in [1.807, 2.05) is 12.5 Å². The normalized spacial score (nSPS) is 20.2. The second kappa shape index (κ2) is 5.23. The van der Waals surface area contributed by atoms with Crippen LogP contribution in [0.5, 0.6) is 0 Å². The molecule has 1 unspecified atom stereocenters. The van der Waals surface area contributed by atoms with E-state index in [0.29, 0.717) is 12.0 Å². The van der Waals surface area contributed by atoms with Gasteiger partial charge in [-0.3, -0.25) is 0 Å². The minimum Gasteiger partial charge on any atom is -0.330 e. The molecule has 0 amide bonds. The van der Waals surface area contributed by atoms with Crippen molar-refractivity contribution in [3.8, 4) is 0 Å². The lowest BCUT2D eigenvalue weighted by molar-refractivity contribution is 0.414. The monoisotopic (exact) mass is 239 g/mol. The van der Waals surface area contributed by atoms with Crippen LogP contribution in [0, 0.1) is 5.92 Å². The fourth-order valence-electron chi connectivity index (χ4n) is 2.18. The topological polar surface area (TPSA) is 43.8 Å². The van der Waals surface area contributed by atoms with Crippen LogP contribution in [0.1, 0.15) is 44.5 Å². The van der Waals surface area contributed by atoms with Crippen LogP contribution in [0.15, 0.2) is 12.5 Å². The van der Waals surface area contributed by atoms with Crippen molar-refractivity contribution in [2.24, 2.45) is 11.7 Å². The molecule has 1 aliphatic rings. The predicted octanol–water partition coefficient (Wildman–Crippen LogP) is 2.61. The van der Waals surface area contributed by atoms with Crippen LogP contribution >= 0.6 is 11.8 Å². The molecule has 1 aromatic rings. The summed E-state index contributed by atoms with van der Waals surface area (Å²) in [6.07, 6.45) is 6.39. The van der Waals surface area contributed by atoms with Crippen molar-refractivity contribution < 1.29 is 0 Å². The van der Waals surface area contributed by atoms with Crippen LogP contribution in [-0.2, 0) is 0 Å². The average molecular weight is 239 g/mol. The maximum Gasteiger partial charge on any atom is 0.0951 e. The Morgan fingerprint density at radius 2 is 2.12 bits per heavy atom. The van der Waals surface area contributed by atoms with E-state index in [1.165, 1.54) is 30.0 Å². The van der Waals surface area contributed by atoms with E-state index in [4.69, 9.17) is 5.73 Å². The molecule has 3 nitrogen and oxygen atoms in total. The number of thioether (sulfide) groups is 1. The van der Waals surface area contributed by atoms with Crippen LogP contribution in [0.25, 0.3) is 0 Å². The smallest absolute Gasteiger partial charge is 0.0951 e. The summed E-state index contributed by atoms with van der Waals surface area (Å²) < 4.78 is 2.31. The number of rotatable bonds is 3. The summed E-state index contributed by atoms with van der Waals surface area (Å²) in [6.45, 7) is 4.33. The third-order valence-electron chi connectivity index (χ3n) is 3.34. The first kappa shape index (κ1) is 12.0. The second-order valence-electron chi connectivity index (χ2n) is 4.84. The molecule has 1 fully saturated rings. The molecule has 1 atom stereocenters. The number of imidazole rings is 1. The van der Waals surface area contributed by atoms with Crippen LogP contribution in [0.3, 0.4) is 0 Å². The van der Waals surface area contributed by atoms with Crippen LogP contribution < -0.4 is 5.73 Å². The zero-order chi connectivity index (χ0) is 11.5.